The van der Waals surface area contributed by atoms with Crippen LogP contribution in [0.5, 0.6) is 0 Å². The summed E-state index contributed by atoms with van der Waals surface area (Å²) in [4.78, 5) is 31.9. The van der Waals surface area contributed by atoms with Crippen LogP contribution >= 0.6 is 21.6 Å². The lowest BCUT2D eigenvalue weighted by Crippen LogP contribution is -2.71. The molecule has 29 heavy (non-hydrogen) atoms. The quantitative estimate of drug-likeness (QED) is 0.536. The molecule has 1 unspecified atom stereocenters. The maximum absolute atomic E-state index is 13.5. The van der Waals surface area contributed by atoms with Crippen LogP contribution in [0, 0.1) is 0 Å². The number of likely N-dealkylation sites (N-methyl/N-ethyl adjacent to an activating group) is 1. The molecule has 2 amide bonds. The van der Waals surface area contributed by atoms with Crippen molar-refractivity contribution in [2.75, 3.05) is 11.4 Å². The largest absolute Gasteiger partial charge is 0.367 e. The van der Waals surface area contributed by atoms with Gasteiger partial charge in [-0.1, -0.05) is 39.8 Å². The van der Waals surface area contributed by atoms with Crippen molar-refractivity contribution in [3.8, 4) is 0 Å². The number of carbonyl (C=O) groups excluding carboxylic acids is 2. The highest BCUT2D eigenvalue weighted by atomic mass is 33.1. The van der Waals surface area contributed by atoms with Crippen LogP contribution in [0.1, 0.15) is 17.5 Å². The van der Waals surface area contributed by atoms with E-state index in [0.717, 1.165) is 11.1 Å². The number of aromatic nitrogens is 1. The van der Waals surface area contributed by atoms with Crippen LogP contribution in [0.4, 0.5) is 5.69 Å². The molecule has 6 heterocycles. The molecule has 0 aliphatic carbocycles. The third kappa shape index (κ3) is 1.86. The third-order valence-electron chi connectivity index (χ3n) is 6.45. The van der Waals surface area contributed by atoms with E-state index >= 15 is 0 Å². The van der Waals surface area contributed by atoms with Crippen molar-refractivity contribution in [3.63, 3.8) is 0 Å². The van der Waals surface area contributed by atoms with Gasteiger partial charge in [-0.25, -0.2) is 8.51 Å². The van der Waals surface area contributed by atoms with E-state index < -0.39 is 33.1 Å². The van der Waals surface area contributed by atoms with Crippen LogP contribution < -0.4 is 4.31 Å². The SMILES string of the molecule is CN1C(=O)[C@@]23C[C@]4(c5cc[nH]c5)c5ccccc5N(S(=O)O)[C@@H]4N2C(=O)[C@@H]1SS3. The molecule has 8 nitrogen and oxygen atoms in total. The number of amides is 2. The number of hydrogen-bond donors (Lipinski definition) is 2. The summed E-state index contributed by atoms with van der Waals surface area (Å²) in [6.45, 7) is 0. The lowest BCUT2D eigenvalue weighted by atomic mass is 9.73. The maximum Gasteiger partial charge on any atom is 0.263 e. The minimum Gasteiger partial charge on any atom is -0.367 e. The van der Waals surface area contributed by atoms with E-state index in [1.165, 1.54) is 30.8 Å². The van der Waals surface area contributed by atoms with Crippen molar-refractivity contribution < 1.29 is 18.4 Å². The van der Waals surface area contributed by atoms with E-state index in [1.807, 2.05) is 30.5 Å². The third-order valence-corrected chi connectivity index (χ3v) is 10.4. The Balaban J connectivity index is 1.69. The monoisotopic (exact) mass is 448 g/mol. The number of aromatic amines is 1. The van der Waals surface area contributed by atoms with Gasteiger partial charge in [0.15, 0.2) is 10.2 Å². The molecule has 5 atom stereocenters. The standard InChI is InChI=1S/C18H16N4O4S3/c1-20-14-13(23)21-15-17(10-6-7-19-8-10,9-18(21,16(20)24)28-27-14)11-4-2-3-5-12(11)22(15)29(25)26/h2-8,14-15,19H,9H2,1H3,(H,25,26)/t14-,15-,17-,18-/m0/s1. The van der Waals surface area contributed by atoms with Crippen molar-refractivity contribution in [3.05, 3.63) is 53.9 Å². The Bertz CT molecular complexity index is 1090. The first-order valence-electron chi connectivity index (χ1n) is 9.01. The van der Waals surface area contributed by atoms with Crippen LogP contribution in [-0.4, -0.2) is 58.8 Å². The minimum atomic E-state index is -2.37. The topological polar surface area (TPSA) is 96.9 Å². The molecule has 4 fully saturated rings. The predicted molar refractivity (Wildman–Crippen MR) is 111 cm³/mol. The summed E-state index contributed by atoms with van der Waals surface area (Å²) in [5.74, 6) is -0.321. The molecule has 5 aliphatic heterocycles. The molecule has 150 valence electrons. The fraction of sp³-hybridized carbons (Fsp3) is 0.333. The fourth-order valence-corrected chi connectivity index (χ4v) is 9.58. The number of piperazine rings is 1. The predicted octanol–water partition coefficient (Wildman–Crippen LogP) is 1.71. The summed E-state index contributed by atoms with van der Waals surface area (Å²) in [5.41, 5.74) is 1.56. The van der Waals surface area contributed by atoms with Gasteiger partial charge in [0.1, 0.15) is 6.17 Å². The number of H-pyrrole nitrogens is 1. The second kappa shape index (κ2) is 5.60. The van der Waals surface area contributed by atoms with Crippen molar-refractivity contribution >= 4 is 50.4 Å². The molecule has 1 aromatic carbocycles. The Labute approximate surface area is 176 Å². The first-order chi connectivity index (χ1) is 13.9. The Hall–Kier alpha value is -1.95. The van der Waals surface area contributed by atoms with Crippen LogP contribution in [0.2, 0.25) is 0 Å². The first kappa shape index (κ1) is 17.9. The molecule has 2 bridgehead atoms. The lowest BCUT2D eigenvalue weighted by Gasteiger charge is -2.53. The van der Waals surface area contributed by atoms with Crippen molar-refractivity contribution in [2.24, 2.45) is 0 Å². The van der Waals surface area contributed by atoms with E-state index in [4.69, 9.17) is 0 Å². The van der Waals surface area contributed by atoms with Gasteiger partial charge < -0.3 is 9.88 Å². The summed E-state index contributed by atoms with van der Waals surface area (Å²) in [7, 11) is 4.45. The number of fused-ring (bicyclic) bond motifs is 5. The zero-order valence-electron chi connectivity index (χ0n) is 15.1. The Kier molecular flexibility index (Phi) is 3.45. The van der Waals surface area contributed by atoms with E-state index in [9.17, 15) is 18.4 Å². The van der Waals surface area contributed by atoms with Gasteiger partial charge in [0.2, 0.25) is 0 Å². The average Bonchev–Trinajstić information content (AvgIpc) is 3.38. The lowest BCUT2D eigenvalue weighted by molar-refractivity contribution is -0.158. The van der Waals surface area contributed by atoms with Crippen LogP contribution in [0.15, 0.2) is 42.7 Å². The van der Waals surface area contributed by atoms with E-state index in [0.29, 0.717) is 12.1 Å². The van der Waals surface area contributed by atoms with Crippen LogP contribution in [0.25, 0.3) is 0 Å². The van der Waals surface area contributed by atoms with Crippen molar-refractivity contribution in [1.29, 1.82) is 0 Å². The van der Waals surface area contributed by atoms with Gasteiger partial charge in [0.05, 0.1) is 11.1 Å². The van der Waals surface area contributed by atoms with Gasteiger partial charge in [-0.05, 0) is 23.3 Å². The Morgan fingerprint density at radius 2 is 2.07 bits per heavy atom. The molecule has 0 radical (unpaired) electrons. The molecule has 2 aromatic rings. The highest BCUT2D eigenvalue weighted by molar-refractivity contribution is 8.78. The summed E-state index contributed by atoms with van der Waals surface area (Å²) in [6.07, 6.45) is 3.23. The number of carbonyl (C=O) groups is 2. The van der Waals surface area contributed by atoms with Gasteiger partial charge in [0.25, 0.3) is 23.1 Å². The summed E-state index contributed by atoms with van der Waals surface area (Å²) in [5, 5.41) is -0.630. The number of rotatable bonds is 2. The number of hydrogen-bond acceptors (Lipinski definition) is 5. The number of nitrogens with zero attached hydrogens (tertiary/aromatic N) is 3. The van der Waals surface area contributed by atoms with E-state index in [-0.39, 0.29) is 11.8 Å². The normalized spacial score (nSPS) is 35.7. The highest BCUT2D eigenvalue weighted by Crippen LogP contribution is 2.68. The number of benzene rings is 1. The zero-order valence-corrected chi connectivity index (χ0v) is 17.6. The average molecular weight is 449 g/mol. The molecule has 5 aliphatic rings. The molecule has 1 aromatic heterocycles. The first-order valence-corrected chi connectivity index (χ1v) is 12.3. The second-order valence-electron chi connectivity index (χ2n) is 7.64. The summed E-state index contributed by atoms with van der Waals surface area (Å²) >= 11 is -2.37. The minimum absolute atomic E-state index is 0.128. The molecule has 1 spiro atoms. The molecular weight excluding hydrogens is 432 g/mol. The summed E-state index contributed by atoms with van der Waals surface area (Å²) in [6, 6.07) is 9.35. The Morgan fingerprint density at radius 1 is 1.28 bits per heavy atom. The van der Waals surface area contributed by atoms with Crippen LogP contribution in [-0.2, 0) is 26.3 Å². The molecular formula is C18H16N4O4S3. The van der Waals surface area contributed by atoms with Gasteiger partial charge in [-0.3, -0.25) is 19.0 Å². The molecule has 2 N–H and O–H groups in total. The fourth-order valence-electron chi connectivity index (χ4n) is 5.34. The van der Waals surface area contributed by atoms with Gasteiger partial charge in [-0.15, -0.1) is 0 Å². The molecule has 0 saturated carbocycles. The van der Waals surface area contributed by atoms with Gasteiger partial charge >= 0.3 is 0 Å². The number of anilines is 1. The number of nitrogens with one attached hydrogen (secondary N) is 1. The smallest absolute Gasteiger partial charge is 0.263 e. The van der Waals surface area contributed by atoms with E-state index in [1.54, 1.807) is 24.2 Å². The van der Waals surface area contributed by atoms with Gasteiger partial charge in [-0.2, -0.15) is 0 Å². The highest BCUT2D eigenvalue weighted by Gasteiger charge is 2.76. The molecule has 11 heteroatoms. The molecule has 4 saturated heterocycles. The second-order valence-corrected chi connectivity index (χ2v) is 11.0. The van der Waals surface area contributed by atoms with Crippen molar-refractivity contribution in [1.82, 2.24) is 14.8 Å². The van der Waals surface area contributed by atoms with E-state index in [2.05, 4.69) is 4.98 Å². The molecule has 7 rings (SSSR count). The van der Waals surface area contributed by atoms with Gasteiger partial charge in [0, 0.05) is 25.9 Å². The summed E-state index contributed by atoms with van der Waals surface area (Å²) < 4.78 is 24.2. The Morgan fingerprint density at radius 3 is 2.79 bits per heavy atom. The maximum atomic E-state index is 13.5. The number of para-hydroxylation sites is 1. The van der Waals surface area contributed by atoms with Crippen molar-refractivity contribution in [2.45, 2.75) is 28.2 Å². The zero-order chi connectivity index (χ0) is 20.1. The van der Waals surface area contributed by atoms with Crippen LogP contribution in [0.3, 0.4) is 0 Å².